The Morgan fingerprint density at radius 1 is 1.26 bits per heavy atom. The molecule has 2 aromatic rings. The average Bonchev–Trinajstić information content (AvgIpc) is 2.79. The Balaban J connectivity index is 2.19. The number of hydrogen-bond acceptors (Lipinski definition) is 4. The highest BCUT2D eigenvalue weighted by Crippen LogP contribution is 2.31. The normalized spacial score (nSPS) is 14.0. The summed E-state index contributed by atoms with van der Waals surface area (Å²) in [6.45, 7) is 0. The molecule has 0 saturated carbocycles. The van der Waals surface area contributed by atoms with Gasteiger partial charge in [0.25, 0.3) is 0 Å². The van der Waals surface area contributed by atoms with Crippen LogP contribution in [0.15, 0.2) is 36.5 Å². The largest absolute Gasteiger partial charge is 0.435 e. The number of nitrogens with zero attached hydrogens (tertiary/aromatic N) is 2. The lowest BCUT2D eigenvalue weighted by atomic mass is 10.1. The van der Waals surface area contributed by atoms with Crippen LogP contribution in [0.5, 0.6) is 0 Å². The molecule has 0 saturated heterocycles. The van der Waals surface area contributed by atoms with Gasteiger partial charge in [-0.05, 0) is 5.56 Å². The fourth-order valence-corrected chi connectivity index (χ4v) is 3.67. The van der Waals surface area contributed by atoms with Gasteiger partial charge in [0, 0.05) is 18.8 Å². The van der Waals surface area contributed by atoms with Crippen LogP contribution in [0, 0.1) is 0 Å². The van der Waals surface area contributed by atoms with Gasteiger partial charge in [-0.25, -0.2) is 8.42 Å². The van der Waals surface area contributed by atoms with Crippen molar-refractivity contribution in [3.05, 3.63) is 53.3 Å². The van der Waals surface area contributed by atoms with Crippen molar-refractivity contribution in [2.75, 3.05) is 5.75 Å². The van der Waals surface area contributed by atoms with Gasteiger partial charge in [0.2, 0.25) is 0 Å². The zero-order valence-electron chi connectivity index (χ0n) is 12.2. The number of hydrogen-bond donors (Lipinski definition) is 1. The summed E-state index contributed by atoms with van der Waals surface area (Å²) < 4.78 is 63.7. The van der Waals surface area contributed by atoms with Crippen molar-refractivity contribution < 1.29 is 26.7 Å². The standard InChI is InChI=1S/C14H15F3N2O3S/c1-19-7-11(13(18-19)14(15,16)17)8-23(21,22)9-12(20)10-5-3-2-4-6-10/h2-7,12,20H,8-9H2,1H3. The maximum absolute atomic E-state index is 12.8. The van der Waals surface area contributed by atoms with Gasteiger partial charge in [-0.1, -0.05) is 30.3 Å². The number of sulfone groups is 1. The minimum Gasteiger partial charge on any atom is -0.387 e. The number of halogens is 3. The number of aromatic nitrogens is 2. The molecule has 1 atom stereocenters. The predicted octanol–water partition coefficient (Wildman–Crippen LogP) is 2.09. The molecule has 5 nitrogen and oxygen atoms in total. The second-order valence-electron chi connectivity index (χ2n) is 5.16. The van der Waals surface area contributed by atoms with Gasteiger partial charge < -0.3 is 5.11 Å². The second kappa shape index (κ2) is 6.32. The summed E-state index contributed by atoms with van der Waals surface area (Å²) in [5.74, 6) is -1.50. The van der Waals surface area contributed by atoms with E-state index in [4.69, 9.17) is 0 Å². The topological polar surface area (TPSA) is 72.2 Å². The summed E-state index contributed by atoms with van der Waals surface area (Å²) in [5, 5.41) is 13.2. The van der Waals surface area contributed by atoms with Crippen LogP contribution in [-0.4, -0.2) is 29.1 Å². The Morgan fingerprint density at radius 2 is 1.87 bits per heavy atom. The molecule has 1 unspecified atom stereocenters. The Kier molecular flexibility index (Phi) is 4.81. The van der Waals surface area contributed by atoms with Crippen LogP contribution in [0.2, 0.25) is 0 Å². The van der Waals surface area contributed by atoms with Crippen LogP contribution in [0.3, 0.4) is 0 Å². The molecule has 1 heterocycles. The highest BCUT2D eigenvalue weighted by atomic mass is 32.2. The molecule has 0 aliphatic heterocycles. The van der Waals surface area contributed by atoms with Crippen LogP contribution < -0.4 is 0 Å². The van der Waals surface area contributed by atoms with Crippen LogP contribution >= 0.6 is 0 Å². The summed E-state index contributed by atoms with van der Waals surface area (Å²) in [6.07, 6.45) is -5.01. The van der Waals surface area contributed by atoms with Crippen LogP contribution in [0.25, 0.3) is 0 Å². The molecule has 0 aliphatic rings. The van der Waals surface area contributed by atoms with Crippen LogP contribution in [0.1, 0.15) is 22.9 Å². The summed E-state index contributed by atoms with van der Waals surface area (Å²) >= 11 is 0. The van der Waals surface area contributed by atoms with Crippen molar-refractivity contribution in [2.45, 2.75) is 18.0 Å². The zero-order chi connectivity index (χ0) is 17.3. The van der Waals surface area contributed by atoms with Gasteiger partial charge in [0.1, 0.15) is 0 Å². The minimum atomic E-state index is -4.73. The summed E-state index contributed by atoms with van der Waals surface area (Å²) in [7, 11) is -2.67. The molecule has 0 aliphatic carbocycles. The van der Waals surface area contributed by atoms with E-state index in [1.165, 1.54) is 7.05 Å². The summed E-state index contributed by atoms with van der Waals surface area (Å²) in [6, 6.07) is 8.06. The number of aliphatic hydroxyl groups is 1. The number of aryl methyl sites for hydroxylation is 1. The zero-order valence-corrected chi connectivity index (χ0v) is 13.0. The van der Waals surface area contributed by atoms with Gasteiger partial charge in [0.05, 0.1) is 17.6 Å². The van der Waals surface area contributed by atoms with Crippen molar-refractivity contribution >= 4 is 9.84 Å². The average molecular weight is 348 g/mol. The molecule has 9 heteroatoms. The quantitative estimate of drug-likeness (QED) is 0.898. The fraction of sp³-hybridized carbons (Fsp3) is 0.357. The summed E-state index contributed by atoms with van der Waals surface area (Å²) in [4.78, 5) is 0. The molecular formula is C14H15F3N2O3S. The maximum atomic E-state index is 12.8. The van der Waals surface area contributed by atoms with Crippen molar-refractivity contribution in [2.24, 2.45) is 7.05 Å². The van der Waals surface area contributed by atoms with E-state index in [2.05, 4.69) is 5.10 Å². The van der Waals surface area contributed by atoms with Crippen molar-refractivity contribution in [1.29, 1.82) is 0 Å². The summed E-state index contributed by atoms with van der Waals surface area (Å²) in [5.41, 5.74) is -1.27. The molecule has 2 rings (SSSR count). The van der Waals surface area contributed by atoms with Crippen molar-refractivity contribution in [1.82, 2.24) is 9.78 Å². The number of benzene rings is 1. The first-order chi connectivity index (χ1) is 10.6. The monoisotopic (exact) mass is 348 g/mol. The van der Waals surface area contributed by atoms with E-state index in [-0.39, 0.29) is 0 Å². The maximum Gasteiger partial charge on any atom is 0.435 e. The third-order valence-corrected chi connectivity index (χ3v) is 4.72. The fourth-order valence-electron chi connectivity index (χ4n) is 2.19. The van der Waals surface area contributed by atoms with E-state index >= 15 is 0 Å². The third-order valence-electron chi connectivity index (χ3n) is 3.14. The molecule has 0 fully saturated rings. The third kappa shape index (κ3) is 4.55. The highest BCUT2D eigenvalue weighted by Gasteiger charge is 2.38. The lowest BCUT2D eigenvalue weighted by molar-refractivity contribution is -0.141. The van der Waals surface area contributed by atoms with E-state index in [1.54, 1.807) is 30.3 Å². The Morgan fingerprint density at radius 3 is 2.43 bits per heavy atom. The second-order valence-corrected chi connectivity index (χ2v) is 7.26. The molecule has 126 valence electrons. The Hall–Kier alpha value is -1.87. The first kappa shape index (κ1) is 17.5. The molecule has 1 aromatic heterocycles. The number of rotatable bonds is 5. The molecule has 0 bridgehead atoms. The number of alkyl halides is 3. The van der Waals surface area contributed by atoms with Gasteiger partial charge in [-0.15, -0.1) is 0 Å². The Labute approximate surface area is 131 Å². The van der Waals surface area contributed by atoms with Gasteiger partial charge in [-0.2, -0.15) is 18.3 Å². The van der Waals surface area contributed by atoms with E-state index in [1.807, 2.05) is 0 Å². The van der Waals surface area contributed by atoms with E-state index < -0.39 is 44.9 Å². The smallest absolute Gasteiger partial charge is 0.387 e. The van der Waals surface area contributed by atoms with E-state index in [9.17, 15) is 26.7 Å². The van der Waals surface area contributed by atoms with Gasteiger partial charge in [0.15, 0.2) is 15.5 Å². The molecule has 0 amide bonds. The lowest BCUT2D eigenvalue weighted by Gasteiger charge is -2.12. The molecule has 0 radical (unpaired) electrons. The Bertz CT molecular complexity index is 770. The van der Waals surface area contributed by atoms with Gasteiger partial charge in [-0.3, -0.25) is 4.68 Å². The molecular weight excluding hydrogens is 333 g/mol. The van der Waals surface area contributed by atoms with E-state index in [0.29, 0.717) is 5.56 Å². The molecule has 23 heavy (non-hydrogen) atoms. The van der Waals surface area contributed by atoms with Crippen molar-refractivity contribution in [3.8, 4) is 0 Å². The first-order valence-electron chi connectivity index (χ1n) is 6.61. The van der Waals surface area contributed by atoms with Crippen LogP contribution in [0.4, 0.5) is 13.2 Å². The SMILES string of the molecule is Cn1cc(CS(=O)(=O)CC(O)c2ccccc2)c(C(F)(F)F)n1. The minimum absolute atomic E-state index is 0.387. The van der Waals surface area contributed by atoms with Gasteiger partial charge >= 0.3 is 6.18 Å². The molecule has 1 N–H and O–H groups in total. The molecule has 1 aromatic carbocycles. The first-order valence-corrected chi connectivity index (χ1v) is 8.44. The number of aliphatic hydroxyl groups excluding tert-OH is 1. The van der Waals surface area contributed by atoms with E-state index in [0.717, 1.165) is 10.9 Å². The van der Waals surface area contributed by atoms with Crippen LogP contribution in [-0.2, 0) is 28.8 Å². The molecule has 0 spiro atoms. The predicted molar refractivity (Wildman–Crippen MR) is 77.1 cm³/mol. The lowest BCUT2D eigenvalue weighted by Crippen LogP contribution is -2.18. The van der Waals surface area contributed by atoms with Crippen molar-refractivity contribution in [3.63, 3.8) is 0 Å². The highest BCUT2D eigenvalue weighted by molar-refractivity contribution is 7.90.